The van der Waals surface area contributed by atoms with Crippen molar-refractivity contribution in [1.29, 1.82) is 5.26 Å². The van der Waals surface area contributed by atoms with Gasteiger partial charge in [-0.1, -0.05) is 0 Å². The lowest BCUT2D eigenvalue weighted by molar-refractivity contribution is 0.0463. The van der Waals surface area contributed by atoms with Crippen LogP contribution in [-0.4, -0.2) is 5.97 Å². The number of carbonyl (C=O) groups is 1. The van der Waals surface area contributed by atoms with Crippen LogP contribution in [-0.2, 0) is 11.3 Å². The monoisotopic (exact) mass is 288 g/mol. The lowest BCUT2D eigenvalue weighted by atomic mass is 10.1. The fraction of sp³-hybridized carbons (Fsp3) is 0.0667. The van der Waals surface area contributed by atoms with Crippen molar-refractivity contribution in [3.63, 3.8) is 0 Å². The number of benzene rings is 2. The number of nitrogen functional groups attached to an aromatic ring is 1. The fourth-order valence-corrected chi connectivity index (χ4v) is 1.68. The van der Waals surface area contributed by atoms with Gasteiger partial charge in [-0.3, -0.25) is 0 Å². The van der Waals surface area contributed by atoms with Crippen molar-refractivity contribution >= 4 is 11.7 Å². The zero-order valence-electron chi connectivity index (χ0n) is 10.8. The number of hydrogen-bond donors (Lipinski definition) is 1. The van der Waals surface area contributed by atoms with Gasteiger partial charge in [0.1, 0.15) is 18.2 Å². The van der Waals surface area contributed by atoms with Crippen molar-refractivity contribution in [1.82, 2.24) is 0 Å². The summed E-state index contributed by atoms with van der Waals surface area (Å²) in [5, 5.41) is 8.73. The highest BCUT2D eigenvalue weighted by molar-refractivity contribution is 5.90. The average molecular weight is 288 g/mol. The summed E-state index contributed by atoms with van der Waals surface area (Å²) >= 11 is 0. The summed E-state index contributed by atoms with van der Waals surface area (Å²) in [6.07, 6.45) is 0. The number of rotatable bonds is 3. The molecular formula is C15H10F2N2O2. The molecule has 106 valence electrons. The molecule has 0 unspecified atom stereocenters. The van der Waals surface area contributed by atoms with Crippen molar-refractivity contribution in [2.75, 3.05) is 5.73 Å². The second-order valence-electron chi connectivity index (χ2n) is 4.23. The third-order valence-electron chi connectivity index (χ3n) is 2.74. The second-order valence-corrected chi connectivity index (χ2v) is 4.23. The number of nitrogens with two attached hydrogens (primary N) is 1. The van der Waals surface area contributed by atoms with E-state index in [1.807, 2.05) is 6.07 Å². The molecule has 0 heterocycles. The quantitative estimate of drug-likeness (QED) is 0.696. The Hall–Kier alpha value is -2.94. The third-order valence-corrected chi connectivity index (χ3v) is 2.74. The Morgan fingerprint density at radius 1 is 1.19 bits per heavy atom. The van der Waals surface area contributed by atoms with Gasteiger partial charge in [-0.15, -0.1) is 0 Å². The molecule has 0 aromatic heterocycles. The average Bonchev–Trinajstić information content (AvgIpc) is 2.48. The Labute approximate surface area is 119 Å². The van der Waals surface area contributed by atoms with E-state index >= 15 is 0 Å². The summed E-state index contributed by atoms with van der Waals surface area (Å²) in [6, 6.07) is 9.00. The SMILES string of the molecule is N#Cc1ccc(F)c(COC(=O)c2cc(N)ccc2F)c1. The number of esters is 1. The molecule has 0 saturated heterocycles. The van der Waals surface area contributed by atoms with Crippen LogP contribution in [0.4, 0.5) is 14.5 Å². The molecule has 0 atom stereocenters. The van der Waals surface area contributed by atoms with Gasteiger partial charge in [-0.2, -0.15) is 5.26 Å². The molecule has 2 rings (SSSR count). The van der Waals surface area contributed by atoms with Crippen LogP contribution in [0, 0.1) is 23.0 Å². The number of nitriles is 1. The maximum Gasteiger partial charge on any atom is 0.341 e. The van der Waals surface area contributed by atoms with E-state index in [0.29, 0.717) is 0 Å². The van der Waals surface area contributed by atoms with Gasteiger partial charge in [-0.25, -0.2) is 13.6 Å². The minimum atomic E-state index is -0.957. The highest BCUT2D eigenvalue weighted by atomic mass is 19.1. The van der Waals surface area contributed by atoms with Gasteiger partial charge in [0.2, 0.25) is 0 Å². The first kappa shape index (κ1) is 14.5. The number of halogens is 2. The lowest BCUT2D eigenvalue weighted by Crippen LogP contribution is -2.09. The molecule has 0 aliphatic rings. The van der Waals surface area contributed by atoms with Crippen LogP contribution in [0.15, 0.2) is 36.4 Å². The fourth-order valence-electron chi connectivity index (χ4n) is 1.68. The summed E-state index contributed by atoms with van der Waals surface area (Å²) in [7, 11) is 0. The van der Waals surface area contributed by atoms with Crippen LogP contribution in [0.5, 0.6) is 0 Å². The predicted molar refractivity (Wildman–Crippen MR) is 71.0 cm³/mol. The molecule has 21 heavy (non-hydrogen) atoms. The minimum Gasteiger partial charge on any atom is -0.457 e. The molecule has 0 fully saturated rings. The molecule has 0 radical (unpaired) electrons. The van der Waals surface area contributed by atoms with Crippen LogP contribution in [0.3, 0.4) is 0 Å². The summed E-state index contributed by atoms with van der Waals surface area (Å²) < 4.78 is 31.8. The molecular weight excluding hydrogens is 278 g/mol. The van der Waals surface area contributed by atoms with Gasteiger partial charge in [0.25, 0.3) is 0 Å². The first-order chi connectivity index (χ1) is 10.0. The summed E-state index contributed by atoms with van der Waals surface area (Å²) in [4.78, 5) is 11.8. The number of ether oxygens (including phenoxy) is 1. The minimum absolute atomic E-state index is 0.0340. The molecule has 0 amide bonds. The highest BCUT2D eigenvalue weighted by Gasteiger charge is 2.15. The normalized spacial score (nSPS) is 9.95. The van der Waals surface area contributed by atoms with E-state index in [4.69, 9.17) is 15.7 Å². The zero-order valence-corrected chi connectivity index (χ0v) is 10.8. The van der Waals surface area contributed by atoms with Gasteiger partial charge in [0.15, 0.2) is 0 Å². The topological polar surface area (TPSA) is 76.1 Å². The van der Waals surface area contributed by atoms with E-state index in [0.717, 1.165) is 18.2 Å². The van der Waals surface area contributed by atoms with E-state index in [1.165, 1.54) is 18.2 Å². The lowest BCUT2D eigenvalue weighted by Gasteiger charge is -2.07. The van der Waals surface area contributed by atoms with E-state index < -0.39 is 24.2 Å². The maximum absolute atomic E-state index is 13.5. The first-order valence-electron chi connectivity index (χ1n) is 5.92. The first-order valence-corrected chi connectivity index (χ1v) is 5.92. The maximum atomic E-state index is 13.5. The van der Waals surface area contributed by atoms with Crippen molar-refractivity contribution < 1.29 is 18.3 Å². The molecule has 2 aromatic rings. The number of carbonyl (C=O) groups excluding carboxylic acids is 1. The highest BCUT2D eigenvalue weighted by Crippen LogP contribution is 2.16. The number of anilines is 1. The molecule has 0 bridgehead atoms. The van der Waals surface area contributed by atoms with Gasteiger partial charge < -0.3 is 10.5 Å². The second kappa shape index (κ2) is 6.01. The van der Waals surface area contributed by atoms with Crippen LogP contribution in [0.25, 0.3) is 0 Å². The van der Waals surface area contributed by atoms with Crippen LogP contribution >= 0.6 is 0 Å². The van der Waals surface area contributed by atoms with Gasteiger partial charge in [-0.05, 0) is 36.4 Å². The van der Waals surface area contributed by atoms with Crippen molar-refractivity contribution in [3.05, 3.63) is 64.7 Å². The Morgan fingerprint density at radius 2 is 1.90 bits per heavy atom. The Balaban J connectivity index is 2.15. The van der Waals surface area contributed by atoms with E-state index in [1.54, 1.807) is 0 Å². The summed E-state index contributed by atoms with van der Waals surface area (Å²) in [5.41, 5.74) is 5.61. The smallest absolute Gasteiger partial charge is 0.341 e. The molecule has 6 heteroatoms. The van der Waals surface area contributed by atoms with Gasteiger partial charge in [0.05, 0.1) is 17.2 Å². The molecule has 0 saturated carbocycles. The van der Waals surface area contributed by atoms with E-state index in [-0.39, 0.29) is 22.4 Å². The number of nitrogens with zero attached hydrogens (tertiary/aromatic N) is 1. The summed E-state index contributed by atoms with van der Waals surface area (Å²) in [6.45, 7) is -0.408. The van der Waals surface area contributed by atoms with E-state index in [2.05, 4.69) is 0 Å². The van der Waals surface area contributed by atoms with Crippen LogP contribution in [0.1, 0.15) is 21.5 Å². The van der Waals surface area contributed by atoms with Crippen molar-refractivity contribution in [3.8, 4) is 6.07 Å². The van der Waals surface area contributed by atoms with Crippen LogP contribution in [0.2, 0.25) is 0 Å². The van der Waals surface area contributed by atoms with Gasteiger partial charge in [0, 0.05) is 11.3 Å². The Kier molecular flexibility index (Phi) is 4.14. The molecule has 2 N–H and O–H groups in total. The number of hydrogen-bond acceptors (Lipinski definition) is 4. The largest absolute Gasteiger partial charge is 0.457 e. The summed E-state index contributed by atoms with van der Waals surface area (Å²) in [5.74, 6) is -2.35. The Bertz CT molecular complexity index is 739. The van der Waals surface area contributed by atoms with Crippen molar-refractivity contribution in [2.45, 2.75) is 6.61 Å². The molecule has 0 spiro atoms. The molecule has 0 aliphatic heterocycles. The zero-order chi connectivity index (χ0) is 15.4. The van der Waals surface area contributed by atoms with E-state index in [9.17, 15) is 13.6 Å². The molecule has 0 aliphatic carbocycles. The van der Waals surface area contributed by atoms with Crippen LogP contribution < -0.4 is 5.73 Å². The third kappa shape index (κ3) is 3.34. The molecule has 4 nitrogen and oxygen atoms in total. The molecule has 2 aromatic carbocycles. The van der Waals surface area contributed by atoms with Gasteiger partial charge >= 0.3 is 5.97 Å². The Morgan fingerprint density at radius 3 is 2.62 bits per heavy atom. The van der Waals surface area contributed by atoms with Crippen molar-refractivity contribution in [2.24, 2.45) is 0 Å². The standard InChI is InChI=1S/C15H10F2N2O2/c16-13-3-1-9(7-18)5-10(13)8-21-15(20)12-6-11(19)2-4-14(12)17/h1-6H,8,19H2. The predicted octanol–water partition coefficient (Wildman–Crippen LogP) is 2.78.